The molecular formula is C29H25ClF3N5O2. The van der Waals surface area contributed by atoms with Gasteiger partial charge in [-0.15, -0.1) is 0 Å². The largest absolute Gasteiger partial charge is 0.416 e. The lowest BCUT2D eigenvalue weighted by atomic mass is 10.1. The number of halogens is 4. The standard InChI is InChI=1S/C29H25ClF3N5O2/c1-17-5-2-7-20(13-17)35-28(40)36-21-8-3-6-18(14-21)16-34-27(39)26-22-9-4-10-24(22)38(37-26)25-15-19(29(31,32)33)11-12-23(25)30/h2-3,5-8,11-15H,4,9-10,16H2,1H3,(H,34,39)(H2,35,36,40). The Bertz CT molecular complexity index is 1600. The van der Waals surface area contributed by atoms with Crippen molar-refractivity contribution in [3.05, 3.63) is 105 Å². The maximum atomic E-state index is 13.3. The molecule has 0 spiro atoms. The van der Waals surface area contributed by atoms with Gasteiger partial charge in [0, 0.05) is 29.2 Å². The first kappa shape index (κ1) is 27.3. The fourth-order valence-electron chi connectivity index (χ4n) is 4.71. The van der Waals surface area contributed by atoms with E-state index in [9.17, 15) is 22.8 Å². The number of alkyl halides is 3. The maximum absolute atomic E-state index is 13.3. The predicted molar refractivity (Wildman–Crippen MR) is 147 cm³/mol. The number of fused-ring (bicyclic) bond motifs is 1. The number of benzene rings is 3. The fraction of sp³-hybridized carbons (Fsp3) is 0.207. The summed E-state index contributed by atoms with van der Waals surface area (Å²) in [5.74, 6) is -0.449. The van der Waals surface area contributed by atoms with Gasteiger partial charge >= 0.3 is 12.2 Å². The van der Waals surface area contributed by atoms with Gasteiger partial charge in [0.05, 0.1) is 16.3 Å². The van der Waals surface area contributed by atoms with E-state index in [1.165, 1.54) is 10.7 Å². The van der Waals surface area contributed by atoms with E-state index in [4.69, 9.17) is 11.6 Å². The molecule has 11 heteroatoms. The second-order valence-corrected chi connectivity index (χ2v) is 9.94. The minimum absolute atomic E-state index is 0.0800. The quantitative estimate of drug-likeness (QED) is 0.236. The Hall–Kier alpha value is -4.31. The topological polar surface area (TPSA) is 88.1 Å². The van der Waals surface area contributed by atoms with Crippen LogP contribution in [0.4, 0.5) is 29.3 Å². The van der Waals surface area contributed by atoms with Gasteiger partial charge in [-0.05, 0) is 79.8 Å². The van der Waals surface area contributed by atoms with E-state index < -0.39 is 23.7 Å². The second kappa shape index (κ2) is 11.1. The van der Waals surface area contributed by atoms with Gasteiger partial charge in [0.25, 0.3) is 5.91 Å². The van der Waals surface area contributed by atoms with Crippen LogP contribution in [0.5, 0.6) is 0 Å². The van der Waals surface area contributed by atoms with Crippen molar-refractivity contribution in [2.45, 2.75) is 38.9 Å². The molecule has 1 heterocycles. The molecule has 1 aliphatic rings. The third-order valence-electron chi connectivity index (χ3n) is 6.56. The summed E-state index contributed by atoms with van der Waals surface area (Å²) in [5, 5.41) is 12.9. The lowest BCUT2D eigenvalue weighted by Crippen LogP contribution is -2.24. The summed E-state index contributed by atoms with van der Waals surface area (Å²) in [6, 6.07) is 17.1. The summed E-state index contributed by atoms with van der Waals surface area (Å²) in [5.41, 5.74) is 3.74. The number of amides is 3. The molecule has 1 aliphatic carbocycles. The average molecular weight is 568 g/mol. The molecule has 0 bridgehead atoms. The van der Waals surface area contributed by atoms with Gasteiger partial charge in [0.1, 0.15) is 0 Å². The molecule has 0 unspecified atom stereocenters. The number of rotatable bonds is 6. The van der Waals surface area contributed by atoms with Crippen LogP contribution in [-0.4, -0.2) is 21.7 Å². The smallest absolute Gasteiger partial charge is 0.347 e. The van der Waals surface area contributed by atoms with Crippen molar-refractivity contribution in [3.63, 3.8) is 0 Å². The van der Waals surface area contributed by atoms with Gasteiger partial charge < -0.3 is 16.0 Å². The normalized spacial score (nSPS) is 12.6. The van der Waals surface area contributed by atoms with E-state index in [-0.39, 0.29) is 22.9 Å². The Kier molecular flexibility index (Phi) is 7.53. The minimum atomic E-state index is -4.54. The second-order valence-electron chi connectivity index (χ2n) is 9.53. The van der Waals surface area contributed by atoms with E-state index >= 15 is 0 Å². The molecule has 0 aliphatic heterocycles. The molecule has 3 amide bonds. The van der Waals surface area contributed by atoms with Gasteiger partial charge in [-0.1, -0.05) is 35.9 Å². The molecule has 7 nitrogen and oxygen atoms in total. The van der Waals surface area contributed by atoms with Crippen molar-refractivity contribution in [2.75, 3.05) is 10.6 Å². The van der Waals surface area contributed by atoms with Crippen LogP contribution < -0.4 is 16.0 Å². The number of aromatic nitrogens is 2. The van der Waals surface area contributed by atoms with E-state index in [1.54, 1.807) is 30.3 Å². The maximum Gasteiger partial charge on any atom is 0.416 e. The number of aryl methyl sites for hydroxylation is 1. The van der Waals surface area contributed by atoms with Gasteiger partial charge in [-0.3, -0.25) is 4.79 Å². The van der Waals surface area contributed by atoms with E-state index in [0.29, 0.717) is 35.5 Å². The SMILES string of the molecule is Cc1cccc(NC(=O)Nc2cccc(CNC(=O)c3nn(-c4cc(C(F)(F)F)ccc4Cl)c4c3CCC4)c2)c1. The van der Waals surface area contributed by atoms with Crippen LogP contribution in [0, 0.1) is 6.92 Å². The first-order valence-corrected chi connectivity index (χ1v) is 13.0. The number of anilines is 2. The molecule has 3 N–H and O–H groups in total. The Morgan fingerprint density at radius 1 is 0.975 bits per heavy atom. The minimum Gasteiger partial charge on any atom is -0.347 e. The molecule has 206 valence electrons. The zero-order valence-electron chi connectivity index (χ0n) is 21.4. The lowest BCUT2D eigenvalue weighted by Gasteiger charge is -2.12. The summed E-state index contributed by atoms with van der Waals surface area (Å²) >= 11 is 6.25. The molecule has 40 heavy (non-hydrogen) atoms. The molecule has 0 fully saturated rings. The van der Waals surface area contributed by atoms with Crippen molar-refractivity contribution >= 4 is 34.9 Å². The first-order valence-electron chi connectivity index (χ1n) is 12.6. The predicted octanol–water partition coefficient (Wildman–Crippen LogP) is 6.92. The number of hydrogen-bond donors (Lipinski definition) is 3. The Morgan fingerprint density at radius 2 is 1.70 bits per heavy atom. The molecular weight excluding hydrogens is 543 g/mol. The summed E-state index contributed by atoms with van der Waals surface area (Å²) in [4.78, 5) is 25.6. The Morgan fingerprint density at radius 3 is 2.42 bits per heavy atom. The summed E-state index contributed by atoms with van der Waals surface area (Å²) in [6.45, 7) is 2.08. The molecule has 1 aromatic heterocycles. The van der Waals surface area contributed by atoms with E-state index in [2.05, 4.69) is 21.0 Å². The van der Waals surface area contributed by atoms with Crippen molar-refractivity contribution < 1.29 is 22.8 Å². The molecule has 0 atom stereocenters. The summed E-state index contributed by atoms with van der Waals surface area (Å²) in [7, 11) is 0. The van der Waals surface area contributed by atoms with Crippen LogP contribution >= 0.6 is 11.6 Å². The molecule has 3 aromatic carbocycles. The van der Waals surface area contributed by atoms with Crippen molar-refractivity contribution in [1.29, 1.82) is 0 Å². The van der Waals surface area contributed by atoms with Crippen LogP contribution in [0.2, 0.25) is 5.02 Å². The highest BCUT2D eigenvalue weighted by Gasteiger charge is 2.33. The summed E-state index contributed by atoms with van der Waals surface area (Å²) in [6.07, 6.45) is -2.63. The number of carbonyl (C=O) groups is 2. The molecule has 5 rings (SSSR count). The number of carbonyl (C=O) groups excluding carboxylic acids is 2. The molecule has 4 aromatic rings. The molecule has 0 saturated carbocycles. The van der Waals surface area contributed by atoms with Crippen LogP contribution in [0.15, 0.2) is 66.7 Å². The zero-order valence-corrected chi connectivity index (χ0v) is 22.2. The number of hydrogen-bond acceptors (Lipinski definition) is 3. The van der Waals surface area contributed by atoms with E-state index in [0.717, 1.165) is 29.7 Å². The van der Waals surface area contributed by atoms with Gasteiger partial charge in [0.2, 0.25) is 0 Å². The number of nitrogens with zero attached hydrogens (tertiary/aromatic N) is 2. The third kappa shape index (κ3) is 5.96. The highest BCUT2D eigenvalue weighted by Crippen LogP contribution is 2.35. The van der Waals surface area contributed by atoms with Gasteiger partial charge in [-0.2, -0.15) is 18.3 Å². The Balaban J connectivity index is 1.29. The van der Waals surface area contributed by atoms with Crippen LogP contribution in [0.1, 0.15) is 44.9 Å². The Labute approximate surface area is 233 Å². The highest BCUT2D eigenvalue weighted by molar-refractivity contribution is 6.32. The van der Waals surface area contributed by atoms with Crippen molar-refractivity contribution in [2.24, 2.45) is 0 Å². The van der Waals surface area contributed by atoms with Crippen LogP contribution in [0.25, 0.3) is 5.69 Å². The number of urea groups is 1. The van der Waals surface area contributed by atoms with Gasteiger partial charge in [0.15, 0.2) is 5.69 Å². The molecule has 0 saturated heterocycles. The zero-order chi connectivity index (χ0) is 28.4. The molecule has 0 radical (unpaired) electrons. The van der Waals surface area contributed by atoms with Crippen LogP contribution in [0.3, 0.4) is 0 Å². The first-order chi connectivity index (χ1) is 19.1. The summed E-state index contributed by atoms with van der Waals surface area (Å²) < 4.78 is 41.3. The van der Waals surface area contributed by atoms with Crippen molar-refractivity contribution in [1.82, 2.24) is 15.1 Å². The highest BCUT2D eigenvalue weighted by atomic mass is 35.5. The van der Waals surface area contributed by atoms with E-state index in [1.807, 2.05) is 25.1 Å². The lowest BCUT2D eigenvalue weighted by molar-refractivity contribution is -0.137. The monoisotopic (exact) mass is 567 g/mol. The van der Waals surface area contributed by atoms with Gasteiger partial charge in [-0.25, -0.2) is 9.48 Å². The third-order valence-corrected chi connectivity index (χ3v) is 6.88. The fourth-order valence-corrected chi connectivity index (χ4v) is 4.91. The van der Waals surface area contributed by atoms with Crippen LogP contribution in [-0.2, 0) is 25.6 Å². The number of nitrogens with one attached hydrogen (secondary N) is 3. The average Bonchev–Trinajstić information content (AvgIpc) is 3.50. The van der Waals surface area contributed by atoms with Crippen molar-refractivity contribution in [3.8, 4) is 5.69 Å².